The zero-order valence-corrected chi connectivity index (χ0v) is 34.1. The van der Waals surface area contributed by atoms with Crippen molar-refractivity contribution in [3.8, 4) is 62.6 Å². The molecule has 0 saturated carbocycles. The summed E-state index contributed by atoms with van der Waals surface area (Å²) < 4.78 is 14.8. The molecule has 61 heavy (non-hydrogen) atoms. The fraction of sp³-hybridized carbons (Fsp3) is 0.0196. The molecule has 0 fully saturated rings. The molecule has 0 amide bonds. The number of rotatable bonds is 5. The highest BCUT2D eigenvalue weighted by molar-refractivity contribution is 9.10. The number of para-hydroxylation sites is 2. The first-order valence-corrected chi connectivity index (χ1v) is 20.5. The van der Waals surface area contributed by atoms with Gasteiger partial charge in [0.2, 0.25) is 23.6 Å². The molecule has 0 saturated heterocycles. The van der Waals surface area contributed by atoms with E-state index in [1.165, 1.54) is 22.4 Å². The third-order valence-electron chi connectivity index (χ3n) is 10.4. The van der Waals surface area contributed by atoms with Crippen molar-refractivity contribution < 1.29 is 8.83 Å². The molecule has 5 aromatic heterocycles. The molecular weight excluding hydrogens is 823 g/mol. The van der Waals surface area contributed by atoms with Crippen LogP contribution < -0.4 is 0 Å². The summed E-state index contributed by atoms with van der Waals surface area (Å²) in [5.41, 5.74) is 11.8. The fourth-order valence-corrected chi connectivity index (χ4v) is 7.98. The van der Waals surface area contributed by atoms with Gasteiger partial charge in [-0.2, -0.15) is 0 Å². The van der Waals surface area contributed by atoms with E-state index in [0.717, 1.165) is 60.8 Å². The van der Waals surface area contributed by atoms with E-state index in [2.05, 4.69) is 112 Å². The lowest BCUT2D eigenvalue weighted by Gasteiger charge is -2.10. The Hall–Kier alpha value is -7.82. The number of nitrogens with zero attached hydrogens (tertiary/aromatic N) is 7. The van der Waals surface area contributed by atoms with E-state index in [9.17, 15) is 0 Å². The van der Waals surface area contributed by atoms with Gasteiger partial charge in [0.05, 0.1) is 28.0 Å². The Labute approximate surface area is 359 Å². The average Bonchev–Trinajstić information content (AvgIpc) is 4.15. The first-order valence-electron chi connectivity index (χ1n) is 19.7. The molecule has 0 radical (unpaired) electrons. The molecular formula is C51H34BrN7O2. The molecule has 0 aliphatic heterocycles. The van der Waals surface area contributed by atoms with Crippen LogP contribution in [-0.2, 0) is 6.42 Å². The van der Waals surface area contributed by atoms with Crippen LogP contribution in [0, 0.1) is 0 Å². The second kappa shape index (κ2) is 16.8. The van der Waals surface area contributed by atoms with Crippen LogP contribution in [0.3, 0.4) is 0 Å². The van der Waals surface area contributed by atoms with Gasteiger partial charge in [-0.1, -0.05) is 109 Å². The largest absolute Gasteiger partial charge is 0.416 e. The summed E-state index contributed by atoms with van der Waals surface area (Å²) in [7, 11) is 0. The molecule has 0 atom stereocenters. The van der Waals surface area contributed by atoms with E-state index in [1.54, 1.807) is 0 Å². The van der Waals surface area contributed by atoms with Gasteiger partial charge in [0.1, 0.15) is 5.65 Å². The van der Waals surface area contributed by atoms with Crippen molar-refractivity contribution in [2.24, 2.45) is 0 Å². The topological polar surface area (TPSA) is 109 Å². The van der Waals surface area contributed by atoms with Crippen molar-refractivity contribution in [3.63, 3.8) is 0 Å². The minimum Gasteiger partial charge on any atom is -0.416 e. The van der Waals surface area contributed by atoms with Gasteiger partial charge in [0.25, 0.3) is 0 Å². The molecule has 5 heterocycles. The summed E-state index contributed by atoms with van der Waals surface area (Å²) in [6, 6.07) is 60.4. The summed E-state index contributed by atoms with van der Waals surface area (Å²) in [4.78, 5) is 9.05. The van der Waals surface area contributed by atoms with E-state index in [0.29, 0.717) is 23.6 Å². The van der Waals surface area contributed by atoms with Crippen LogP contribution >= 0.6 is 15.9 Å². The highest BCUT2D eigenvalue weighted by Gasteiger charge is 2.20. The quantitative estimate of drug-likeness (QED) is 0.168. The van der Waals surface area contributed by atoms with Crippen molar-refractivity contribution >= 4 is 37.9 Å². The van der Waals surface area contributed by atoms with Crippen LogP contribution in [0.4, 0.5) is 0 Å². The maximum Gasteiger partial charge on any atom is 0.250 e. The van der Waals surface area contributed by atoms with Gasteiger partial charge in [-0.25, -0.2) is 4.98 Å². The fourth-order valence-electron chi connectivity index (χ4n) is 7.52. The molecule has 0 unspecified atom stereocenters. The Bertz CT molecular complexity index is 3170. The number of fused-ring (bicyclic) bond motifs is 6. The van der Waals surface area contributed by atoms with E-state index < -0.39 is 0 Å². The van der Waals surface area contributed by atoms with Crippen molar-refractivity contribution in [3.05, 3.63) is 210 Å². The highest BCUT2D eigenvalue weighted by atomic mass is 79.9. The molecule has 0 N–H and O–H groups in total. The van der Waals surface area contributed by atoms with Crippen molar-refractivity contribution in [1.82, 2.24) is 34.9 Å². The maximum atomic E-state index is 6.06. The molecule has 10 heteroatoms. The Morgan fingerprint density at radius 2 is 0.951 bits per heavy atom. The summed E-state index contributed by atoms with van der Waals surface area (Å²) >= 11 is 3.47. The molecule has 12 rings (SSSR count). The maximum absolute atomic E-state index is 6.06. The van der Waals surface area contributed by atoms with Crippen LogP contribution in [0.1, 0.15) is 11.3 Å². The molecule has 0 bridgehead atoms. The lowest BCUT2D eigenvalue weighted by Crippen LogP contribution is -1.98. The van der Waals surface area contributed by atoms with E-state index in [1.807, 2.05) is 134 Å². The molecule has 1 aliphatic carbocycles. The van der Waals surface area contributed by atoms with Gasteiger partial charge in [0.15, 0.2) is 0 Å². The highest BCUT2D eigenvalue weighted by Crippen LogP contribution is 2.36. The Balaban J connectivity index is 0.000000121. The normalized spacial score (nSPS) is 11.3. The van der Waals surface area contributed by atoms with Crippen LogP contribution in [0.5, 0.6) is 0 Å². The third-order valence-corrected chi connectivity index (χ3v) is 11.1. The number of benzene rings is 6. The first kappa shape index (κ1) is 37.5. The second-order valence-electron chi connectivity index (χ2n) is 14.1. The first-order chi connectivity index (χ1) is 30.2. The predicted molar refractivity (Wildman–Crippen MR) is 243 cm³/mol. The summed E-state index contributed by atoms with van der Waals surface area (Å²) in [5, 5.41) is 19.0. The van der Waals surface area contributed by atoms with Crippen molar-refractivity contribution in [2.75, 3.05) is 0 Å². The van der Waals surface area contributed by atoms with Gasteiger partial charge in [-0.15, -0.1) is 20.4 Å². The van der Waals surface area contributed by atoms with Crippen molar-refractivity contribution in [2.45, 2.75) is 6.42 Å². The number of aromatic nitrogens is 7. The van der Waals surface area contributed by atoms with Gasteiger partial charge in [-0.3, -0.25) is 9.55 Å². The predicted octanol–water partition coefficient (Wildman–Crippen LogP) is 12.7. The van der Waals surface area contributed by atoms with Crippen LogP contribution in [0.25, 0.3) is 84.6 Å². The van der Waals surface area contributed by atoms with Crippen LogP contribution in [0.15, 0.2) is 208 Å². The van der Waals surface area contributed by atoms with Gasteiger partial charge < -0.3 is 8.83 Å². The monoisotopic (exact) mass is 855 g/mol. The number of halogens is 1. The van der Waals surface area contributed by atoms with Gasteiger partial charge in [0, 0.05) is 50.8 Å². The lowest BCUT2D eigenvalue weighted by molar-refractivity contribution is 0.584. The summed E-state index contributed by atoms with van der Waals surface area (Å²) in [6.45, 7) is 0. The van der Waals surface area contributed by atoms with E-state index in [4.69, 9.17) is 8.83 Å². The second-order valence-corrected chi connectivity index (χ2v) is 15.0. The number of hydrogen-bond donors (Lipinski definition) is 0. The minimum absolute atomic E-state index is 0.478. The molecule has 9 nitrogen and oxygen atoms in total. The van der Waals surface area contributed by atoms with Crippen molar-refractivity contribution in [1.29, 1.82) is 0 Å². The molecule has 0 spiro atoms. The zero-order valence-electron chi connectivity index (χ0n) is 32.5. The molecule has 11 aromatic rings. The minimum atomic E-state index is 0.478. The Morgan fingerprint density at radius 1 is 0.426 bits per heavy atom. The lowest BCUT2D eigenvalue weighted by atomic mass is 10.1. The van der Waals surface area contributed by atoms with E-state index >= 15 is 0 Å². The molecule has 1 aliphatic rings. The molecule has 6 aromatic carbocycles. The SMILES string of the molecule is Brc1ccccc1-c1nnc(-c2ccccc2)o1.c1ccc(-c2nnc(-c3ccccc3-n3c4ccccc4c4cccnc43)o2)cc1.c1ccc2c(c1)Cc1ncccc1-2. The summed E-state index contributed by atoms with van der Waals surface area (Å²) in [6.07, 6.45) is 4.68. The zero-order chi connectivity index (χ0) is 41.0. The number of hydrogen-bond acceptors (Lipinski definition) is 8. The van der Waals surface area contributed by atoms with Gasteiger partial charge in [-0.05, 0) is 99.9 Å². The van der Waals surface area contributed by atoms with Gasteiger partial charge >= 0.3 is 0 Å². The van der Waals surface area contributed by atoms with Crippen LogP contribution in [-0.4, -0.2) is 34.9 Å². The molecule has 292 valence electrons. The van der Waals surface area contributed by atoms with E-state index in [-0.39, 0.29) is 0 Å². The average molecular weight is 857 g/mol. The van der Waals surface area contributed by atoms with Crippen LogP contribution in [0.2, 0.25) is 0 Å². The summed E-state index contributed by atoms with van der Waals surface area (Å²) in [5.74, 6) is 2.02. The third kappa shape index (κ3) is 7.52. The Kier molecular flexibility index (Phi) is 10.3. The Morgan fingerprint density at radius 3 is 1.69 bits per heavy atom. The standard InChI is InChI=1S/C25H16N4O.C14H9BrN2O.C12H9N/c1-2-9-17(10-3-1)24-27-28-25(30-24)20-12-5-7-15-22(20)29-21-14-6-4-11-18(21)19-13-8-16-26-23(19)29;15-12-9-5-4-8-11(12)14-17-16-13(18-14)10-6-2-1-3-7-10;1-2-5-10-9(4-1)8-12-11(10)6-3-7-13-12/h1-16H;1-9H;1-7H,8H2. The smallest absolute Gasteiger partial charge is 0.250 e. The number of pyridine rings is 2.